The second-order valence-electron chi connectivity index (χ2n) is 5.66. The van der Waals surface area contributed by atoms with Gasteiger partial charge in [0.2, 0.25) is 0 Å². The van der Waals surface area contributed by atoms with Gasteiger partial charge < -0.3 is 5.11 Å². The molecule has 2 fully saturated rings. The van der Waals surface area contributed by atoms with Crippen molar-refractivity contribution in [2.75, 3.05) is 13.1 Å². The van der Waals surface area contributed by atoms with E-state index in [0.29, 0.717) is 30.5 Å². The van der Waals surface area contributed by atoms with Crippen LogP contribution in [0, 0.1) is 18.8 Å². The van der Waals surface area contributed by atoms with Gasteiger partial charge in [-0.05, 0) is 43.2 Å². The number of carboxylic acid groups (broad SMARTS) is 1. The van der Waals surface area contributed by atoms with E-state index in [1.165, 1.54) is 12.5 Å². The Balaban J connectivity index is 1.89. The standard InChI is InChI=1S/C13H17NO4S2/c1-8-5-11(19-12(8)13(15)16)20(17,18)14-6-9-3-2-4-10(9)7-14/h5,9-10H,2-4,6-7H2,1H3,(H,15,16)/t9-,10+. The zero-order valence-electron chi connectivity index (χ0n) is 11.2. The zero-order valence-corrected chi connectivity index (χ0v) is 12.8. The Morgan fingerprint density at radius 1 is 1.35 bits per heavy atom. The number of thiophene rings is 1. The first-order valence-corrected chi connectivity index (χ1v) is 8.99. The maximum atomic E-state index is 12.6. The van der Waals surface area contributed by atoms with Gasteiger partial charge in [-0.15, -0.1) is 11.3 Å². The lowest BCUT2D eigenvalue weighted by Crippen LogP contribution is -2.29. The molecule has 7 heteroatoms. The molecule has 3 rings (SSSR count). The fourth-order valence-corrected chi connectivity index (χ4v) is 6.40. The van der Waals surface area contributed by atoms with Crippen molar-refractivity contribution in [2.24, 2.45) is 11.8 Å². The van der Waals surface area contributed by atoms with E-state index >= 15 is 0 Å². The predicted octanol–water partition coefficient (Wildman–Crippen LogP) is 2.18. The zero-order chi connectivity index (χ0) is 14.5. The van der Waals surface area contributed by atoms with E-state index < -0.39 is 16.0 Å². The Kier molecular flexibility index (Phi) is 3.38. The topological polar surface area (TPSA) is 74.7 Å². The van der Waals surface area contributed by atoms with E-state index in [9.17, 15) is 13.2 Å². The molecule has 0 spiro atoms. The van der Waals surface area contributed by atoms with E-state index in [1.54, 1.807) is 11.2 Å². The smallest absolute Gasteiger partial charge is 0.346 e. The number of aryl methyl sites for hydroxylation is 1. The monoisotopic (exact) mass is 315 g/mol. The minimum Gasteiger partial charge on any atom is -0.477 e. The Hall–Kier alpha value is -0.920. The summed E-state index contributed by atoms with van der Waals surface area (Å²) in [7, 11) is -3.53. The van der Waals surface area contributed by atoms with Gasteiger partial charge in [0.05, 0.1) is 0 Å². The van der Waals surface area contributed by atoms with Crippen molar-refractivity contribution in [2.45, 2.75) is 30.4 Å². The van der Waals surface area contributed by atoms with Gasteiger partial charge in [0.15, 0.2) is 0 Å². The molecule has 0 radical (unpaired) electrons. The Labute approximate surface area is 122 Å². The lowest BCUT2D eigenvalue weighted by Gasteiger charge is -2.15. The van der Waals surface area contributed by atoms with Gasteiger partial charge in [0.25, 0.3) is 10.0 Å². The van der Waals surface area contributed by atoms with Crippen LogP contribution in [0.5, 0.6) is 0 Å². The van der Waals surface area contributed by atoms with Crippen LogP contribution in [-0.2, 0) is 10.0 Å². The average molecular weight is 315 g/mol. The van der Waals surface area contributed by atoms with Gasteiger partial charge in [0, 0.05) is 13.1 Å². The van der Waals surface area contributed by atoms with Crippen LogP contribution >= 0.6 is 11.3 Å². The third-order valence-corrected chi connectivity index (χ3v) is 7.88. The Bertz CT molecular complexity index is 637. The molecular weight excluding hydrogens is 298 g/mol. The fourth-order valence-electron chi connectivity index (χ4n) is 3.31. The molecule has 20 heavy (non-hydrogen) atoms. The van der Waals surface area contributed by atoms with Crippen LogP contribution in [0.4, 0.5) is 0 Å². The lowest BCUT2D eigenvalue weighted by molar-refractivity contribution is 0.0701. The number of hydrogen-bond donors (Lipinski definition) is 1. The minimum absolute atomic E-state index is 0.114. The van der Waals surface area contributed by atoms with Gasteiger partial charge in [-0.2, -0.15) is 4.31 Å². The first kappa shape index (κ1) is 14.0. The highest BCUT2D eigenvalue weighted by Crippen LogP contribution is 2.40. The van der Waals surface area contributed by atoms with E-state index in [0.717, 1.165) is 24.2 Å². The van der Waals surface area contributed by atoms with E-state index in [1.807, 2.05) is 0 Å². The van der Waals surface area contributed by atoms with Gasteiger partial charge in [-0.3, -0.25) is 0 Å². The molecule has 110 valence electrons. The van der Waals surface area contributed by atoms with Crippen molar-refractivity contribution in [1.82, 2.24) is 4.31 Å². The summed E-state index contributed by atoms with van der Waals surface area (Å²) in [6.45, 7) is 2.82. The molecule has 2 heterocycles. The Morgan fingerprint density at radius 3 is 2.45 bits per heavy atom. The summed E-state index contributed by atoms with van der Waals surface area (Å²) in [4.78, 5) is 11.2. The van der Waals surface area contributed by atoms with Crippen LogP contribution in [0.25, 0.3) is 0 Å². The molecule has 1 saturated carbocycles. The number of hydrogen-bond acceptors (Lipinski definition) is 4. The summed E-state index contributed by atoms with van der Waals surface area (Å²) in [5, 5.41) is 9.04. The number of aromatic carboxylic acids is 1. The summed E-state index contributed by atoms with van der Waals surface area (Å²) in [5.41, 5.74) is 0.514. The number of sulfonamides is 1. The average Bonchev–Trinajstić information content (AvgIpc) is 3.00. The first-order valence-electron chi connectivity index (χ1n) is 6.73. The van der Waals surface area contributed by atoms with Gasteiger partial charge in [0.1, 0.15) is 9.09 Å². The fraction of sp³-hybridized carbons (Fsp3) is 0.615. The second kappa shape index (κ2) is 4.82. The molecule has 0 aromatic carbocycles. The van der Waals surface area contributed by atoms with Crippen LogP contribution in [0.2, 0.25) is 0 Å². The Morgan fingerprint density at radius 2 is 1.95 bits per heavy atom. The van der Waals surface area contributed by atoms with Crippen molar-refractivity contribution in [1.29, 1.82) is 0 Å². The van der Waals surface area contributed by atoms with Gasteiger partial charge in [-0.1, -0.05) is 6.42 Å². The number of carboxylic acids is 1. The van der Waals surface area contributed by atoms with Crippen LogP contribution in [-0.4, -0.2) is 36.9 Å². The van der Waals surface area contributed by atoms with Crippen molar-refractivity contribution in [3.8, 4) is 0 Å². The number of nitrogens with zero attached hydrogens (tertiary/aromatic N) is 1. The van der Waals surface area contributed by atoms with Crippen LogP contribution in [0.15, 0.2) is 10.3 Å². The quantitative estimate of drug-likeness (QED) is 0.927. The molecular formula is C13H17NO4S2. The van der Waals surface area contributed by atoms with Crippen molar-refractivity contribution < 1.29 is 18.3 Å². The normalized spacial score (nSPS) is 26.9. The highest BCUT2D eigenvalue weighted by molar-refractivity contribution is 7.91. The second-order valence-corrected chi connectivity index (χ2v) is 8.87. The molecule has 2 aliphatic rings. The summed E-state index contributed by atoms with van der Waals surface area (Å²) in [5.74, 6) is -0.0817. The molecule has 2 atom stereocenters. The van der Waals surface area contributed by atoms with E-state index in [2.05, 4.69) is 0 Å². The molecule has 0 amide bonds. The number of carbonyl (C=O) groups is 1. The summed E-state index contributed by atoms with van der Waals surface area (Å²) < 4.78 is 26.9. The SMILES string of the molecule is Cc1cc(S(=O)(=O)N2C[C@H]3CCC[C@H]3C2)sc1C(=O)O. The van der Waals surface area contributed by atoms with Gasteiger partial charge in [-0.25, -0.2) is 13.2 Å². The highest BCUT2D eigenvalue weighted by atomic mass is 32.2. The minimum atomic E-state index is -3.53. The molecule has 1 aromatic rings. The summed E-state index contributed by atoms with van der Waals surface area (Å²) >= 11 is 0.860. The van der Waals surface area contributed by atoms with Crippen molar-refractivity contribution in [3.05, 3.63) is 16.5 Å². The molecule has 1 aliphatic carbocycles. The highest BCUT2D eigenvalue weighted by Gasteiger charge is 2.42. The largest absolute Gasteiger partial charge is 0.477 e. The molecule has 1 aliphatic heterocycles. The number of rotatable bonds is 3. The summed E-state index contributed by atoms with van der Waals surface area (Å²) in [6.07, 6.45) is 3.42. The van der Waals surface area contributed by atoms with Crippen molar-refractivity contribution >= 4 is 27.3 Å². The van der Waals surface area contributed by atoms with Crippen LogP contribution < -0.4 is 0 Å². The number of fused-ring (bicyclic) bond motifs is 1. The summed E-state index contributed by atoms with van der Waals surface area (Å²) in [6, 6.07) is 1.48. The third kappa shape index (κ3) is 2.17. The van der Waals surface area contributed by atoms with Crippen LogP contribution in [0.3, 0.4) is 0 Å². The van der Waals surface area contributed by atoms with Crippen LogP contribution in [0.1, 0.15) is 34.5 Å². The molecule has 1 saturated heterocycles. The van der Waals surface area contributed by atoms with Gasteiger partial charge >= 0.3 is 5.97 Å². The molecule has 0 unspecified atom stereocenters. The van der Waals surface area contributed by atoms with Crippen molar-refractivity contribution in [3.63, 3.8) is 0 Å². The van der Waals surface area contributed by atoms with E-state index in [4.69, 9.17) is 5.11 Å². The molecule has 0 bridgehead atoms. The molecule has 1 aromatic heterocycles. The predicted molar refractivity (Wildman–Crippen MR) is 75.6 cm³/mol. The third-order valence-electron chi connectivity index (χ3n) is 4.38. The maximum absolute atomic E-state index is 12.6. The first-order chi connectivity index (χ1) is 9.39. The van der Waals surface area contributed by atoms with E-state index in [-0.39, 0.29) is 9.09 Å². The molecule has 5 nitrogen and oxygen atoms in total. The molecule has 1 N–H and O–H groups in total. The maximum Gasteiger partial charge on any atom is 0.346 e. The lowest BCUT2D eigenvalue weighted by atomic mass is 10.0.